The van der Waals surface area contributed by atoms with Gasteiger partial charge in [0.1, 0.15) is 0 Å². The molecule has 106 valence electrons. The Labute approximate surface area is 111 Å². The van der Waals surface area contributed by atoms with E-state index in [1.54, 1.807) is 20.8 Å². The van der Waals surface area contributed by atoms with Gasteiger partial charge in [-0.05, 0) is 33.6 Å². The molecule has 18 heavy (non-hydrogen) atoms. The summed E-state index contributed by atoms with van der Waals surface area (Å²) in [6.07, 6.45) is 5.56. The van der Waals surface area contributed by atoms with E-state index in [9.17, 15) is 8.42 Å². The Balaban J connectivity index is 2.34. The number of sulfonamides is 1. The van der Waals surface area contributed by atoms with Gasteiger partial charge in [-0.3, -0.25) is 0 Å². The van der Waals surface area contributed by atoms with E-state index in [-0.39, 0.29) is 5.54 Å². The van der Waals surface area contributed by atoms with Gasteiger partial charge in [0, 0.05) is 25.2 Å². The fraction of sp³-hybridized carbons (Fsp3) is 1.00. The molecule has 2 rings (SSSR count). The van der Waals surface area contributed by atoms with Crippen molar-refractivity contribution in [3.63, 3.8) is 0 Å². The third-order valence-electron chi connectivity index (χ3n) is 4.32. The fourth-order valence-corrected chi connectivity index (χ4v) is 4.92. The molecule has 1 aliphatic heterocycles. The van der Waals surface area contributed by atoms with Crippen LogP contribution in [0.5, 0.6) is 0 Å². The van der Waals surface area contributed by atoms with Gasteiger partial charge in [0.25, 0.3) is 0 Å². The highest BCUT2D eigenvalue weighted by atomic mass is 32.2. The van der Waals surface area contributed by atoms with Crippen molar-refractivity contribution in [1.82, 2.24) is 9.62 Å². The quantitative estimate of drug-likeness (QED) is 0.792. The minimum absolute atomic E-state index is 0.150. The molecule has 1 N–H and O–H groups in total. The Kier molecular flexibility index (Phi) is 3.78. The molecule has 0 radical (unpaired) electrons. The summed E-state index contributed by atoms with van der Waals surface area (Å²) in [7, 11) is -3.21. The Hall–Kier alpha value is -0.130. The maximum Gasteiger partial charge on any atom is 0.219 e. The Morgan fingerprint density at radius 3 is 2.28 bits per heavy atom. The number of rotatable bonds is 1. The molecular formula is C13H26N2O2S. The van der Waals surface area contributed by atoms with E-state index in [0.717, 1.165) is 38.8 Å². The van der Waals surface area contributed by atoms with Crippen LogP contribution in [0.3, 0.4) is 0 Å². The number of hydrogen-bond donors (Lipinski definition) is 1. The normalized spacial score (nSPS) is 26.4. The molecule has 1 saturated carbocycles. The van der Waals surface area contributed by atoms with Crippen LogP contribution in [0.4, 0.5) is 0 Å². The van der Waals surface area contributed by atoms with Crippen molar-refractivity contribution in [3.05, 3.63) is 0 Å². The second-order valence-corrected chi connectivity index (χ2v) is 9.27. The van der Waals surface area contributed by atoms with E-state index in [1.165, 1.54) is 6.42 Å². The molecule has 0 unspecified atom stereocenters. The maximum atomic E-state index is 12.8. The SMILES string of the molecule is CC(C)(C)S(=O)(=O)N1CCNCC12CCCCC2. The zero-order valence-electron chi connectivity index (χ0n) is 11.8. The lowest BCUT2D eigenvalue weighted by Crippen LogP contribution is -2.65. The van der Waals surface area contributed by atoms with Crippen LogP contribution in [-0.4, -0.2) is 42.6 Å². The average molecular weight is 274 g/mol. The predicted octanol–water partition coefficient (Wildman–Crippen LogP) is 1.72. The van der Waals surface area contributed by atoms with Gasteiger partial charge < -0.3 is 5.32 Å². The molecule has 0 amide bonds. The molecular weight excluding hydrogens is 248 g/mol. The topological polar surface area (TPSA) is 49.4 Å². The monoisotopic (exact) mass is 274 g/mol. The maximum absolute atomic E-state index is 12.8. The molecule has 1 aliphatic carbocycles. The van der Waals surface area contributed by atoms with E-state index < -0.39 is 14.8 Å². The standard InChI is InChI=1S/C13H26N2O2S/c1-12(2,3)18(16,17)15-10-9-14-11-13(15)7-5-4-6-8-13/h14H,4-11H2,1-3H3. The summed E-state index contributed by atoms with van der Waals surface area (Å²) in [6.45, 7) is 7.64. The van der Waals surface area contributed by atoms with Crippen LogP contribution >= 0.6 is 0 Å². The Morgan fingerprint density at radius 1 is 1.11 bits per heavy atom. The molecule has 0 aromatic carbocycles. The van der Waals surface area contributed by atoms with Crippen LogP contribution < -0.4 is 5.32 Å². The van der Waals surface area contributed by atoms with Gasteiger partial charge in [-0.2, -0.15) is 4.31 Å². The van der Waals surface area contributed by atoms with Crippen LogP contribution in [0.15, 0.2) is 0 Å². The molecule has 1 spiro atoms. The van der Waals surface area contributed by atoms with Gasteiger partial charge in [-0.25, -0.2) is 8.42 Å². The van der Waals surface area contributed by atoms with E-state index >= 15 is 0 Å². The second kappa shape index (κ2) is 4.76. The Morgan fingerprint density at radius 2 is 1.72 bits per heavy atom. The minimum atomic E-state index is -3.21. The number of nitrogens with one attached hydrogen (secondary N) is 1. The van der Waals surface area contributed by atoms with Crippen LogP contribution in [0.2, 0.25) is 0 Å². The van der Waals surface area contributed by atoms with Crippen LogP contribution in [0.1, 0.15) is 52.9 Å². The zero-order valence-corrected chi connectivity index (χ0v) is 12.6. The largest absolute Gasteiger partial charge is 0.314 e. The molecule has 5 heteroatoms. The molecule has 2 fully saturated rings. The van der Waals surface area contributed by atoms with E-state index in [2.05, 4.69) is 5.32 Å². The summed E-state index contributed by atoms with van der Waals surface area (Å²) in [5.41, 5.74) is -0.150. The third kappa shape index (κ3) is 2.32. The smallest absolute Gasteiger partial charge is 0.219 e. The number of piperazine rings is 1. The van der Waals surface area contributed by atoms with Gasteiger partial charge in [-0.15, -0.1) is 0 Å². The lowest BCUT2D eigenvalue weighted by molar-refractivity contribution is 0.0987. The minimum Gasteiger partial charge on any atom is -0.314 e. The van der Waals surface area contributed by atoms with Crippen molar-refractivity contribution in [2.45, 2.75) is 63.2 Å². The second-order valence-electron chi connectivity index (χ2n) is 6.65. The highest BCUT2D eigenvalue weighted by Crippen LogP contribution is 2.38. The first-order valence-corrected chi connectivity index (χ1v) is 8.47. The molecule has 0 aromatic heterocycles. The Bertz CT molecular complexity index is 383. The molecule has 2 aliphatic rings. The van der Waals surface area contributed by atoms with Crippen molar-refractivity contribution in [2.24, 2.45) is 0 Å². The molecule has 0 aromatic rings. The van der Waals surface area contributed by atoms with Gasteiger partial charge in [0.2, 0.25) is 10.0 Å². The van der Waals surface area contributed by atoms with Gasteiger partial charge in [0.15, 0.2) is 0 Å². The van der Waals surface area contributed by atoms with Crippen molar-refractivity contribution < 1.29 is 8.42 Å². The summed E-state index contributed by atoms with van der Waals surface area (Å²) >= 11 is 0. The van der Waals surface area contributed by atoms with Crippen LogP contribution in [0.25, 0.3) is 0 Å². The molecule has 4 nitrogen and oxygen atoms in total. The number of hydrogen-bond acceptors (Lipinski definition) is 3. The molecule has 0 bridgehead atoms. The van der Waals surface area contributed by atoms with Crippen LogP contribution in [-0.2, 0) is 10.0 Å². The first kappa shape index (κ1) is 14.3. The van der Waals surface area contributed by atoms with Crippen molar-refractivity contribution in [1.29, 1.82) is 0 Å². The highest BCUT2D eigenvalue weighted by molar-refractivity contribution is 7.90. The molecule has 0 atom stereocenters. The molecule has 1 heterocycles. The average Bonchev–Trinajstić information content (AvgIpc) is 2.29. The van der Waals surface area contributed by atoms with E-state index in [1.807, 2.05) is 4.31 Å². The summed E-state index contributed by atoms with van der Waals surface area (Å²) < 4.78 is 26.7. The number of nitrogens with zero attached hydrogens (tertiary/aromatic N) is 1. The summed E-state index contributed by atoms with van der Waals surface area (Å²) in [5, 5.41) is 3.39. The summed E-state index contributed by atoms with van der Waals surface area (Å²) in [4.78, 5) is 0. The lowest BCUT2D eigenvalue weighted by Gasteiger charge is -2.50. The van der Waals surface area contributed by atoms with E-state index in [0.29, 0.717) is 6.54 Å². The van der Waals surface area contributed by atoms with Crippen molar-refractivity contribution in [3.8, 4) is 0 Å². The van der Waals surface area contributed by atoms with Crippen molar-refractivity contribution >= 4 is 10.0 Å². The third-order valence-corrected chi connectivity index (χ3v) is 7.02. The van der Waals surface area contributed by atoms with E-state index in [4.69, 9.17) is 0 Å². The van der Waals surface area contributed by atoms with Crippen LogP contribution in [0, 0.1) is 0 Å². The predicted molar refractivity (Wildman–Crippen MR) is 74.1 cm³/mol. The van der Waals surface area contributed by atoms with Crippen molar-refractivity contribution in [2.75, 3.05) is 19.6 Å². The van der Waals surface area contributed by atoms with Gasteiger partial charge >= 0.3 is 0 Å². The fourth-order valence-electron chi connectivity index (χ4n) is 3.17. The van der Waals surface area contributed by atoms with Gasteiger partial charge in [-0.1, -0.05) is 19.3 Å². The zero-order chi connectivity index (χ0) is 13.4. The van der Waals surface area contributed by atoms with Gasteiger partial charge in [0.05, 0.1) is 4.75 Å². The first-order chi connectivity index (χ1) is 8.30. The highest BCUT2D eigenvalue weighted by Gasteiger charge is 2.49. The first-order valence-electron chi connectivity index (χ1n) is 7.03. The summed E-state index contributed by atoms with van der Waals surface area (Å²) in [5.74, 6) is 0. The summed E-state index contributed by atoms with van der Waals surface area (Å²) in [6, 6.07) is 0. The lowest BCUT2D eigenvalue weighted by atomic mass is 9.80. The molecule has 1 saturated heterocycles.